The standard InChI is InChI=1S/C17H13F3N8OS/c1-9-22-10(2)27(24-9)15-7-14(17(18,19)20)25-28(15)12-5-3-11(4-6-12)23-16(29)13-8-21-26-30-13/h3-8H,1-2H3,(H,23,29). The van der Waals surface area contributed by atoms with Crippen molar-refractivity contribution >= 4 is 23.1 Å². The van der Waals surface area contributed by atoms with Crippen molar-refractivity contribution in [3.8, 4) is 11.5 Å². The molecule has 0 saturated heterocycles. The van der Waals surface area contributed by atoms with Crippen molar-refractivity contribution in [3.05, 3.63) is 58.7 Å². The van der Waals surface area contributed by atoms with Gasteiger partial charge in [-0.15, -0.1) is 10.2 Å². The van der Waals surface area contributed by atoms with E-state index in [-0.39, 0.29) is 11.7 Å². The number of aryl methyl sites for hydroxylation is 2. The molecule has 3 aromatic heterocycles. The maximum atomic E-state index is 13.3. The fraction of sp³-hybridized carbons (Fsp3) is 0.176. The van der Waals surface area contributed by atoms with Crippen LogP contribution in [0.5, 0.6) is 0 Å². The van der Waals surface area contributed by atoms with Crippen molar-refractivity contribution in [1.29, 1.82) is 0 Å². The molecule has 0 aliphatic heterocycles. The maximum absolute atomic E-state index is 13.3. The molecule has 0 spiro atoms. The third-order valence-electron chi connectivity index (χ3n) is 4.03. The van der Waals surface area contributed by atoms with Gasteiger partial charge in [-0.2, -0.15) is 23.0 Å². The van der Waals surface area contributed by atoms with Crippen molar-refractivity contribution in [2.24, 2.45) is 0 Å². The molecule has 0 atom stereocenters. The van der Waals surface area contributed by atoms with Gasteiger partial charge in [0.15, 0.2) is 11.5 Å². The zero-order chi connectivity index (χ0) is 21.5. The summed E-state index contributed by atoms with van der Waals surface area (Å²) in [6, 6.07) is 7.10. The molecule has 0 saturated carbocycles. The summed E-state index contributed by atoms with van der Waals surface area (Å²) in [6.07, 6.45) is -3.29. The summed E-state index contributed by atoms with van der Waals surface area (Å²) in [5.41, 5.74) is -0.250. The van der Waals surface area contributed by atoms with Crippen molar-refractivity contribution in [3.63, 3.8) is 0 Å². The first-order valence-electron chi connectivity index (χ1n) is 8.49. The zero-order valence-electron chi connectivity index (χ0n) is 15.5. The topological polar surface area (TPSA) is 103 Å². The largest absolute Gasteiger partial charge is 0.435 e. The SMILES string of the molecule is Cc1nc(C)n(-c2cc(C(F)(F)F)nn2-c2ccc(NC(=O)c3cnns3)cc2)n1. The molecule has 0 aliphatic rings. The number of carbonyl (C=O) groups excluding carboxylic acids is 1. The van der Waals surface area contributed by atoms with Gasteiger partial charge >= 0.3 is 6.18 Å². The van der Waals surface area contributed by atoms with E-state index in [0.717, 1.165) is 22.3 Å². The fourth-order valence-corrected chi connectivity index (χ4v) is 3.14. The summed E-state index contributed by atoms with van der Waals surface area (Å²) in [4.78, 5) is 16.6. The molecule has 13 heteroatoms. The van der Waals surface area contributed by atoms with Crippen LogP contribution in [0.1, 0.15) is 27.0 Å². The van der Waals surface area contributed by atoms with Crippen LogP contribution < -0.4 is 5.32 Å². The molecule has 0 fully saturated rings. The average Bonchev–Trinajstić information content (AvgIpc) is 3.41. The number of aromatic nitrogens is 7. The number of rotatable bonds is 4. The minimum Gasteiger partial charge on any atom is -0.321 e. The van der Waals surface area contributed by atoms with E-state index in [1.807, 2.05) is 0 Å². The number of anilines is 1. The van der Waals surface area contributed by atoms with Crippen molar-refractivity contribution < 1.29 is 18.0 Å². The molecular weight excluding hydrogens is 421 g/mol. The van der Waals surface area contributed by atoms with Crippen LogP contribution in [-0.2, 0) is 6.18 Å². The van der Waals surface area contributed by atoms with Gasteiger partial charge in [0.05, 0.1) is 11.9 Å². The lowest BCUT2D eigenvalue weighted by Crippen LogP contribution is -2.11. The van der Waals surface area contributed by atoms with E-state index in [9.17, 15) is 18.0 Å². The number of carbonyl (C=O) groups is 1. The van der Waals surface area contributed by atoms with E-state index in [4.69, 9.17) is 0 Å². The number of hydrogen-bond acceptors (Lipinski definition) is 7. The average molecular weight is 434 g/mol. The number of halogens is 3. The van der Waals surface area contributed by atoms with Crippen molar-refractivity contribution in [2.45, 2.75) is 20.0 Å². The Kier molecular flexibility index (Phi) is 4.81. The van der Waals surface area contributed by atoms with Gasteiger partial charge in [0.1, 0.15) is 16.5 Å². The molecule has 3 heterocycles. The second-order valence-corrected chi connectivity index (χ2v) is 6.98. The molecule has 0 unspecified atom stereocenters. The summed E-state index contributed by atoms with van der Waals surface area (Å²) in [5.74, 6) is 0.549. The number of nitrogens with one attached hydrogen (secondary N) is 1. The highest BCUT2D eigenvalue weighted by atomic mass is 32.1. The summed E-state index contributed by atoms with van der Waals surface area (Å²) in [5, 5.41) is 14.1. The Bertz CT molecular complexity index is 1200. The van der Waals surface area contributed by atoms with Crippen molar-refractivity contribution in [1.82, 2.24) is 34.1 Å². The first-order chi connectivity index (χ1) is 14.2. The normalized spacial score (nSPS) is 11.6. The van der Waals surface area contributed by atoms with Gasteiger partial charge in [-0.05, 0) is 49.6 Å². The molecule has 4 aromatic rings. The molecule has 1 amide bonds. The smallest absolute Gasteiger partial charge is 0.321 e. The summed E-state index contributed by atoms with van der Waals surface area (Å²) in [6.45, 7) is 3.28. The Morgan fingerprint density at radius 2 is 1.83 bits per heavy atom. The molecule has 9 nitrogen and oxygen atoms in total. The highest BCUT2D eigenvalue weighted by Crippen LogP contribution is 2.31. The quantitative estimate of drug-likeness (QED) is 0.529. The zero-order valence-corrected chi connectivity index (χ0v) is 16.4. The van der Waals surface area contributed by atoms with Gasteiger partial charge < -0.3 is 5.32 Å². The van der Waals surface area contributed by atoms with E-state index in [0.29, 0.717) is 27.9 Å². The van der Waals surface area contributed by atoms with E-state index < -0.39 is 11.9 Å². The van der Waals surface area contributed by atoms with Crippen LogP contribution in [-0.4, -0.2) is 40.0 Å². The van der Waals surface area contributed by atoms with Gasteiger partial charge in [-0.3, -0.25) is 4.79 Å². The van der Waals surface area contributed by atoms with E-state index in [1.165, 1.54) is 23.0 Å². The third-order valence-corrected chi connectivity index (χ3v) is 4.69. The number of amides is 1. The van der Waals surface area contributed by atoms with Gasteiger partial charge in [-0.1, -0.05) is 4.49 Å². The van der Waals surface area contributed by atoms with Crippen LogP contribution in [0.25, 0.3) is 11.5 Å². The lowest BCUT2D eigenvalue weighted by Gasteiger charge is -2.09. The molecule has 30 heavy (non-hydrogen) atoms. The summed E-state index contributed by atoms with van der Waals surface area (Å²) in [7, 11) is 0. The Balaban J connectivity index is 1.70. The predicted molar refractivity (Wildman–Crippen MR) is 101 cm³/mol. The lowest BCUT2D eigenvalue weighted by atomic mass is 10.2. The third kappa shape index (κ3) is 3.78. The first-order valence-corrected chi connectivity index (χ1v) is 9.27. The number of nitrogens with zero attached hydrogens (tertiary/aromatic N) is 7. The Labute approximate surface area is 171 Å². The van der Waals surface area contributed by atoms with Crippen molar-refractivity contribution in [2.75, 3.05) is 5.32 Å². The molecule has 0 radical (unpaired) electrons. The predicted octanol–water partition coefficient (Wildman–Crippen LogP) is 3.19. The number of benzene rings is 1. The van der Waals surface area contributed by atoms with Gasteiger partial charge in [0.2, 0.25) is 0 Å². The van der Waals surface area contributed by atoms with Crippen LogP contribution in [0, 0.1) is 13.8 Å². The second-order valence-electron chi connectivity index (χ2n) is 6.20. The van der Waals surface area contributed by atoms with E-state index in [1.54, 1.807) is 26.0 Å². The number of hydrogen-bond donors (Lipinski definition) is 1. The lowest BCUT2D eigenvalue weighted by molar-refractivity contribution is -0.141. The Hall–Kier alpha value is -3.61. The van der Waals surface area contributed by atoms with Gasteiger partial charge in [0, 0.05) is 11.8 Å². The Morgan fingerprint density at radius 3 is 2.40 bits per heavy atom. The van der Waals surface area contributed by atoms with Crippen LogP contribution in [0.2, 0.25) is 0 Å². The first kappa shape index (κ1) is 19.7. The minimum atomic E-state index is -4.62. The van der Waals surface area contributed by atoms with Crippen LogP contribution in [0.3, 0.4) is 0 Å². The summed E-state index contributed by atoms with van der Waals surface area (Å²) < 4.78 is 45.9. The highest BCUT2D eigenvalue weighted by molar-refractivity contribution is 7.07. The van der Waals surface area contributed by atoms with Crippen LogP contribution >= 0.6 is 11.5 Å². The monoisotopic (exact) mass is 434 g/mol. The molecule has 4 rings (SSSR count). The van der Waals surface area contributed by atoms with Gasteiger partial charge in [0.25, 0.3) is 5.91 Å². The molecule has 0 bridgehead atoms. The fourth-order valence-electron chi connectivity index (χ4n) is 2.73. The second kappa shape index (κ2) is 7.33. The molecule has 1 aromatic carbocycles. The Morgan fingerprint density at radius 1 is 1.10 bits per heavy atom. The van der Waals surface area contributed by atoms with Crippen LogP contribution in [0.4, 0.5) is 18.9 Å². The number of alkyl halides is 3. The van der Waals surface area contributed by atoms with E-state index in [2.05, 4.69) is 30.1 Å². The summed E-state index contributed by atoms with van der Waals surface area (Å²) >= 11 is 0.949. The molecular formula is C17H13F3N8OS. The molecule has 1 N–H and O–H groups in total. The van der Waals surface area contributed by atoms with Gasteiger partial charge in [-0.25, -0.2) is 9.67 Å². The highest BCUT2D eigenvalue weighted by Gasteiger charge is 2.35. The minimum absolute atomic E-state index is 0.0907. The maximum Gasteiger partial charge on any atom is 0.435 e. The van der Waals surface area contributed by atoms with Crippen LogP contribution in [0.15, 0.2) is 36.5 Å². The van der Waals surface area contributed by atoms with E-state index >= 15 is 0 Å². The molecule has 154 valence electrons. The molecule has 0 aliphatic carbocycles.